The van der Waals surface area contributed by atoms with Crippen LogP contribution in [0.4, 0.5) is 4.11 Å². The summed E-state index contributed by atoms with van der Waals surface area (Å²) < 4.78 is 13.5. The fourth-order valence-corrected chi connectivity index (χ4v) is 2.67. The Hall–Kier alpha value is -0.373. The van der Waals surface area contributed by atoms with Crippen LogP contribution in [-0.4, -0.2) is 8.41 Å². The first-order valence-electron chi connectivity index (χ1n) is 3.59. The normalized spacial score (nSPS) is 11.0. The minimum atomic E-state index is -2.46. The van der Waals surface area contributed by atoms with E-state index in [4.69, 9.17) is 0 Å². The highest BCUT2D eigenvalue weighted by Gasteiger charge is 2.28. The molecule has 0 unspecified atom stereocenters. The van der Waals surface area contributed by atoms with Gasteiger partial charge >= 0.3 is 0 Å². The summed E-state index contributed by atoms with van der Waals surface area (Å²) >= 11 is 0. The predicted molar refractivity (Wildman–Crippen MR) is 47.4 cm³/mol. The van der Waals surface area contributed by atoms with Crippen molar-refractivity contribution in [3.8, 4) is 0 Å². The number of halogens is 1. The van der Waals surface area contributed by atoms with Gasteiger partial charge in [-0.05, 0) is 18.1 Å². The van der Waals surface area contributed by atoms with Crippen molar-refractivity contribution in [2.75, 3.05) is 0 Å². The van der Waals surface area contributed by atoms with E-state index >= 15 is 0 Å². The topological polar surface area (TPSA) is 0 Å². The molecule has 0 bridgehead atoms. The maximum atomic E-state index is 13.5. The Kier molecular flexibility index (Phi) is 4.28. The van der Waals surface area contributed by atoms with E-state index in [0.717, 1.165) is 0 Å². The van der Waals surface area contributed by atoms with E-state index < -0.39 is 8.41 Å². The van der Waals surface area contributed by atoms with Crippen molar-refractivity contribution < 1.29 is 4.11 Å². The minimum absolute atomic E-state index is 0.565. The van der Waals surface area contributed by atoms with Gasteiger partial charge in [-0.3, -0.25) is 0 Å². The molecule has 0 atom stereocenters. The molecule has 0 N–H and O–H groups in total. The van der Waals surface area contributed by atoms with Gasteiger partial charge in [0, 0.05) is 0 Å². The van der Waals surface area contributed by atoms with Gasteiger partial charge < -0.3 is 4.11 Å². The van der Waals surface area contributed by atoms with Crippen LogP contribution >= 0.6 is 0 Å². The average molecular weight is 158 g/mol. The molecule has 0 rings (SSSR count). The Morgan fingerprint density at radius 3 is 1.90 bits per heavy atom. The van der Waals surface area contributed by atoms with Gasteiger partial charge in [0.25, 0.3) is 8.41 Å². The molecular weight excluding hydrogens is 143 g/mol. The zero-order valence-electron chi connectivity index (χ0n) is 6.57. The van der Waals surface area contributed by atoms with Gasteiger partial charge in [-0.25, -0.2) is 0 Å². The molecule has 0 spiro atoms. The Morgan fingerprint density at radius 1 is 1.30 bits per heavy atom. The molecule has 10 heavy (non-hydrogen) atoms. The fraction of sp³-hybridized carbons (Fsp3) is 0.500. The minimum Gasteiger partial charge on any atom is -0.313 e. The molecule has 2 heteroatoms. The van der Waals surface area contributed by atoms with Gasteiger partial charge in [0.15, 0.2) is 0 Å². The van der Waals surface area contributed by atoms with Crippen LogP contribution in [0.25, 0.3) is 0 Å². The van der Waals surface area contributed by atoms with Crippen molar-refractivity contribution >= 4 is 8.41 Å². The first-order valence-corrected chi connectivity index (χ1v) is 6.09. The summed E-state index contributed by atoms with van der Waals surface area (Å²) in [5.41, 5.74) is 0. The SMILES string of the molecule is C=CC[Si](F)(CC)CC=C. The smallest absolute Gasteiger partial charge is 0.254 e. The van der Waals surface area contributed by atoms with Crippen molar-refractivity contribution in [1.29, 1.82) is 0 Å². The molecule has 0 aliphatic carbocycles. The summed E-state index contributed by atoms with van der Waals surface area (Å²) in [4.78, 5) is 0. The molecule has 0 radical (unpaired) electrons. The number of hydrogen-bond acceptors (Lipinski definition) is 0. The van der Waals surface area contributed by atoms with E-state index in [0.29, 0.717) is 18.1 Å². The van der Waals surface area contributed by atoms with Gasteiger partial charge in [0.1, 0.15) is 0 Å². The van der Waals surface area contributed by atoms with Gasteiger partial charge in [-0.2, -0.15) is 0 Å². The van der Waals surface area contributed by atoms with Crippen molar-refractivity contribution in [3.05, 3.63) is 25.3 Å². The van der Waals surface area contributed by atoms with Crippen molar-refractivity contribution in [3.63, 3.8) is 0 Å². The first-order chi connectivity index (χ1) is 4.68. The quantitative estimate of drug-likeness (QED) is 0.327. The Morgan fingerprint density at radius 2 is 1.70 bits per heavy atom. The molecule has 0 heterocycles. The lowest BCUT2D eigenvalue weighted by atomic mass is 10.7. The molecular formula is C8H15FSi. The Bertz CT molecular complexity index is 110. The largest absolute Gasteiger partial charge is 0.313 e. The lowest BCUT2D eigenvalue weighted by Crippen LogP contribution is -2.24. The van der Waals surface area contributed by atoms with E-state index in [9.17, 15) is 4.11 Å². The third-order valence-corrected chi connectivity index (χ3v) is 4.96. The third kappa shape index (κ3) is 2.97. The zero-order valence-corrected chi connectivity index (χ0v) is 7.57. The summed E-state index contributed by atoms with van der Waals surface area (Å²) in [6.07, 6.45) is 3.36. The van der Waals surface area contributed by atoms with E-state index in [-0.39, 0.29) is 0 Å². The zero-order chi connectivity index (χ0) is 8.04. The molecule has 0 aromatic rings. The number of allylic oxidation sites excluding steroid dienone is 2. The van der Waals surface area contributed by atoms with Gasteiger partial charge in [-0.1, -0.05) is 19.1 Å². The van der Waals surface area contributed by atoms with E-state index in [1.807, 2.05) is 6.92 Å². The average Bonchev–Trinajstić information content (AvgIpc) is 1.89. The predicted octanol–water partition coefficient (Wildman–Crippen LogP) is 3.29. The molecule has 0 nitrogen and oxygen atoms in total. The number of hydrogen-bond donors (Lipinski definition) is 0. The van der Waals surface area contributed by atoms with Crippen LogP contribution in [0.1, 0.15) is 6.92 Å². The number of rotatable bonds is 5. The second-order valence-electron chi connectivity index (χ2n) is 2.49. The maximum Gasteiger partial charge on any atom is 0.254 e. The van der Waals surface area contributed by atoms with Gasteiger partial charge in [-0.15, -0.1) is 13.2 Å². The molecule has 0 amide bonds. The fourth-order valence-electron chi connectivity index (χ4n) is 0.889. The Balaban J connectivity index is 3.92. The molecule has 58 valence electrons. The molecule has 0 aliphatic rings. The summed E-state index contributed by atoms with van der Waals surface area (Å²) in [6, 6.07) is 1.80. The van der Waals surface area contributed by atoms with Crippen LogP contribution in [0.2, 0.25) is 18.1 Å². The summed E-state index contributed by atoms with van der Waals surface area (Å²) in [7, 11) is -2.46. The van der Waals surface area contributed by atoms with Crippen LogP contribution < -0.4 is 0 Å². The highest BCUT2D eigenvalue weighted by atomic mass is 28.4. The second kappa shape index (κ2) is 4.44. The van der Waals surface area contributed by atoms with Crippen molar-refractivity contribution in [2.45, 2.75) is 25.1 Å². The van der Waals surface area contributed by atoms with Gasteiger partial charge in [0.05, 0.1) is 0 Å². The van der Waals surface area contributed by atoms with Crippen LogP contribution in [0, 0.1) is 0 Å². The maximum absolute atomic E-state index is 13.5. The summed E-state index contributed by atoms with van der Waals surface area (Å²) in [6.45, 7) is 8.97. The molecule has 0 aromatic heterocycles. The third-order valence-electron chi connectivity index (χ3n) is 1.65. The molecule has 0 fully saturated rings. The lowest BCUT2D eigenvalue weighted by molar-refractivity contribution is 0.769. The molecule has 0 aromatic carbocycles. The lowest BCUT2D eigenvalue weighted by Gasteiger charge is -2.15. The van der Waals surface area contributed by atoms with Crippen LogP contribution in [-0.2, 0) is 0 Å². The standard InChI is InChI=1S/C8H15FSi/c1-4-7-10(9,6-3)8-5-2/h4-5H,1-2,6-8H2,3H3. The van der Waals surface area contributed by atoms with Crippen LogP contribution in [0.5, 0.6) is 0 Å². The first kappa shape index (κ1) is 9.63. The second-order valence-corrected chi connectivity index (χ2v) is 6.32. The Labute approximate surface area is 63.6 Å². The van der Waals surface area contributed by atoms with Crippen molar-refractivity contribution in [1.82, 2.24) is 0 Å². The van der Waals surface area contributed by atoms with E-state index in [2.05, 4.69) is 13.2 Å². The van der Waals surface area contributed by atoms with Crippen molar-refractivity contribution in [2.24, 2.45) is 0 Å². The summed E-state index contributed by atoms with van der Waals surface area (Å²) in [5, 5.41) is 0. The van der Waals surface area contributed by atoms with E-state index in [1.165, 1.54) is 0 Å². The van der Waals surface area contributed by atoms with Crippen LogP contribution in [0.3, 0.4) is 0 Å². The van der Waals surface area contributed by atoms with E-state index in [1.54, 1.807) is 12.2 Å². The van der Waals surface area contributed by atoms with Crippen LogP contribution in [0.15, 0.2) is 25.3 Å². The molecule has 0 aliphatic heterocycles. The molecule has 0 saturated carbocycles. The highest BCUT2D eigenvalue weighted by Crippen LogP contribution is 2.22. The summed E-state index contributed by atoms with van der Waals surface area (Å²) in [5.74, 6) is 0. The highest BCUT2D eigenvalue weighted by molar-refractivity contribution is 6.73. The molecule has 0 saturated heterocycles. The monoisotopic (exact) mass is 158 g/mol. The van der Waals surface area contributed by atoms with Gasteiger partial charge in [0.2, 0.25) is 0 Å².